The molecule has 1 aromatic carbocycles. The third-order valence-electron chi connectivity index (χ3n) is 2.72. The number of rotatable bonds is 7. The summed E-state index contributed by atoms with van der Waals surface area (Å²) < 4.78 is 17.1. The number of hydrogen-bond acceptors (Lipinski definition) is 5. The summed E-state index contributed by atoms with van der Waals surface area (Å²) in [7, 11) is 0.316. The second kappa shape index (κ2) is 7.20. The van der Waals surface area contributed by atoms with Crippen LogP contribution in [0.5, 0.6) is 5.75 Å². The van der Waals surface area contributed by atoms with Gasteiger partial charge in [0.2, 0.25) is 0 Å². The lowest BCUT2D eigenvalue weighted by Gasteiger charge is -2.10. The topological polar surface area (TPSA) is 95.5 Å². The van der Waals surface area contributed by atoms with Crippen LogP contribution < -0.4 is 10.5 Å². The van der Waals surface area contributed by atoms with E-state index in [-0.39, 0.29) is 17.5 Å². The number of methoxy groups -OCH3 is 1. The fraction of sp³-hybridized carbons (Fsp3) is 0.500. The van der Waals surface area contributed by atoms with Crippen molar-refractivity contribution in [1.29, 1.82) is 0 Å². The van der Waals surface area contributed by atoms with E-state index in [1.807, 2.05) is 6.92 Å². The Hall–Kier alpha value is -1.47. The zero-order valence-corrected chi connectivity index (χ0v) is 11.8. The molecule has 7 heteroatoms. The van der Waals surface area contributed by atoms with Crippen LogP contribution in [-0.2, 0) is 16.6 Å². The molecule has 0 fully saturated rings. The smallest absolute Gasteiger partial charge is 0.270 e. The van der Waals surface area contributed by atoms with Gasteiger partial charge < -0.3 is 10.5 Å². The third-order valence-corrected chi connectivity index (χ3v) is 4.15. The molecule has 106 valence electrons. The Kier molecular flexibility index (Phi) is 5.91. The predicted octanol–water partition coefficient (Wildman–Crippen LogP) is 1.59. The average Bonchev–Trinajstić information content (AvgIpc) is 2.38. The van der Waals surface area contributed by atoms with Crippen molar-refractivity contribution in [1.82, 2.24) is 0 Å². The maximum atomic E-state index is 11.9. The monoisotopic (exact) mass is 286 g/mol. The zero-order chi connectivity index (χ0) is 14.4. The number of nitrogens with two attached hydrogens (primary N) is 1. The van der Waals surface area contributed by atoms with E-state index in [0.717, 1.165) is 6.42 Å². The first-order valence-electron chi connectivity index (χ1n) is 5.89. The molecule has 0 saturated carbocycles. The van der Waals surface area contributed by atoms with Gasteiger partial charge in [-0.15, -0.1) is 0 Å². The molecule has 0 bridgehead atoms. The lowest BCUT2D eigenvalue weighted by Crippen LogP contribution is -2.26. The van der Waals surface area contributed by atoms with E-state index in [2.05, 4.69) is 0 Å². The van der Waals surface area contributed by atoms with Gasteiger partial charge in [0.15, 0.2) is 0 Å². The number of non-ortho nitro benzene ring substituents is 1. The first kappa shape index (κ1) is 15.6. The number of benzene rings is 1. The SMILES string of the molecule is CCC(N)CS(=O)Cc1cc([N+](=O)[O-])ccc1OC. The van der Waals surface area contributed by atoms with Crippen LogP contribution in [0.2, 0.25) is 0 Å². The first-order chi connectivity index (χ1) is 8.97. The van der Waals surface area contributed by atoms with Crippen LogP contribution in [0.4, 0.5) is 5.69 Å². The highest BCUT2D eigenvalue weighted by Gasteiger charge is 2.14. The van der Waals surface area contributed by atoms with Crippen molar-refractivity contribution in [2.45, 2.75) is 25.1 Å². The van der Waals surface area contributed by atoms with Crippen LogP contribution >= 0.6 is 0 Å². The Balaban J connectivity index is 2.88. The van der Waals surface area contributed by atoms with E-state index >= 15 is 0 Å². The number of nitro groups is 1. The minimum absolute atomic E-state index is 0.0346. The molecule has 0 spiro atoms. The van der Waals surface area contributed by atoms with Gasteiger partial charge in [-0.1, -0.05) is 6.92 Å². The van der Waals surface area contributed by atoms with E-state index in [1.54, 1.807) is 0 Å². The summed E-state index contributed by atoms with van der Waals surface area (Å²) in [4.78, 5) is 10.2. The summed E-state index contributed by atoms with van der Waals surface area (Å²) in [6.07, 6.45) is 0.748. The zero-order valence-electron chi connectivity index (χ0n) is 11.0. The molecule has 2 atom stereocenters. The first-order valence-corrected chi connectivity index (χ1v) is 7.38. The van der Waals surface area contributed by atoms with Crippen molar-refractivity contribution >= 4 is 16.5 Å². The van der Waals surface area contributed by atoms with Crippen molar-refractivity contribution in [3.8, 4) is 5.75 Å². The Morgan fingerprint density at radius 2 is 2.21 bits per heavy atom. The summed E-state index contributed by atoms with van der Waals surface area (Å²) in [5.74, 6) is 1.09. The molecule has 0 aliphatic rings. The summed E-state index contributed by atoms with van der Waals surface area (Å²) in [5.41, 5.74) is 6.28. The highest BCUT2D eigenvalue weighted by Crippen LogP contribution is 2.25. The molecule has 6 nitrogen and oxygen atoms in total. The van der Waals surface area contributed by atoms with Gasteiger partial charge in [0.1, 0.15) is 5.75 Å². The highest BCUT2D eigenvalue weighted by atomic mass is 32.2. The number of nitro benzene ring substituents is 1. The Morgan fingerprint density at radius 1 is 1.53 bits per heavy atom. The molecule has 0 aliphatic heterocycles. The van der Waals surface area contributed by atoms with Crippen LogP contribution in [0.3, 0.4) is 0 Å². The van der Waals surface area contributed by atoms with Crippen LogP contribution in [0.15, 0.2) is 18.2 Å². The molecule has 0 radical (unpaired) electrons. The van der Waals surface area contributed by atoms with Gasteiger partial charge >= 0.3 is 0 Å². The van der Waals surface area contributed by atoms with Gasteiger partial charge in [0, 0.05) is 40.3 Å². The van der Waals surface area contributed by atoms with Crippen LogP contribution in [-0.4, -0.2) is 28.0 Å². The van der Waals surface area contributed by atoms with Crippen molar-refractivity contribution in [3.05, 3.63) is 33.9 Å². The molecule has 0 aliphatic carbocycles. The molecule has 1 aromatic rings. The molecule has 1 rings (SSSR count). The fourth-order valence-corrected chi connectivity index (χ4v) is 2.98. The molecule has 2 unspecified atom stereocenters. The average molecular weight is 286 g/mol. The summed E-state index contributed by atoms with van der Waals surface area (Å²) >= 11 is 0. The third kappa shape index (κ3) is 4.60. The number of hydrogen-bond donors (Lipinski definition) is 1. The van der Waals surface area contributed by atoms with Gasteiger partial charge in [-0.25, -0.2) is 0 Å². The largest absolute Gasteiger partial charge is 0.496 e. The number of nitrogens with zero attached hydrogens (tertiary/aromatic N) is 1. The molecule has 0 aromatic heterocycles. The van der Waals surface area contributed by atoms with Gasteiger partial charge in [-0.2, -0.15) is 0 Å². The maximum absolute atomic E-state index is 11.9. The second-order valence-corrected chi connectivity index (χ2v) is 5.67. The fourth-order valence-electron chi connectivity index (χ4n) is 1.58. The highest BCUT2D eigenvalue weighted by molar-refractivity contribution is 7.84. The van der Waals surface area contributed by atoms with Crippen LogP contribution in [0, 0.1) is 10.1 Å². The van der Waals surface area contributed by atoms with Gasteiger partial charge in [-0.05, 0) is 12.5 Å². The number of ether oxygens (including phenoxy) is 1. The predicted molar refractivity (Wildman–Crippen MR) is 74.6 cm³/mol. The quantitative estimate of drug-likeness (QED) is 0.606. The molecule has 2 N–H and O–H groups in total. The van der Waals surface area contributed by atoms with Crippen molar-refractivity contribution in [3.63, 3.8) is 0 Å². The molecule has 0 amide bonds. The maximum Gasteiger partial charge on any atom is 0.270 e. The van der Waals surface area contributed by atoms with Crippen molar-refractivity contribution < 1.29 is 13.9 Å². The summed E-state index contributed by atoms with van der Waals surface area (Å²) in [6.45, 7) is 1.93. The standard InChI is InChI=1S/C12H18N2O4S/c1-3-10(13)8-19(17)7-9-6-11(14(15)16)4-5-12(9)18-2/h4-6,10H,3,7-8,13H2,1-2H3. The summed E-state index contributed by atoms with van der Waals surface area (Å²) in [5, 5.41) is 10.7. The van der Waals surface area contributed by atoms with Gasteiger partial charge in [-0.3, -0.25) is 14.3 Å². The minimum Gasteiger partial charge on any atom is -0.496 e. The Labute approximate surface area is 114 Å². The lowest BCUT2D eigenvalue weighted by atomic mass is 10.2. The van der Waals surface area contributed by atoms with Crippen LogP contribution in [0.25, 0.3) is 0 Å². The minimum atomic E-state index is -1.16. The van der Waals surface area contributed by atoms with Crippen molar-refractivity contribution in [2.75, 3.05) is 12.9 Å². The van der Waals surface area contributed by atoms with E-state index in [4.69, 9.17) is 10.5 Å². The van der Waals surface area contributed by atoms with E-state index in [1.165, 1.54) is 25.3 Å². The molecule has 19 heavy (non-hydrogen) atoms. The van der Waals surface area contributed by atoms with E-state index in [9.17, 15) is 14.3 Å². The second-order valence-electron chi connectivity index (χ2n) is 4.17. The molecule has 0 saturated heterocycles. The molecular weight excluding hydrogens is 268 g/mol. The molecular formula is C12H18N2O4S. The van der Waals surface area contributed by atoms with Gasteiger partial charge in [0.25, 0.3) is 5.69 Å². The lowest BCUT2D eigenvalue weighted by molar-refractivity contribution is -0.384. The van der Waals surface area contributed by atoms with Crippen LogP contribution in [0.1, 0.15) is 18.9 Å². The normalized spacial score (nSPS) is 13.8. The Bertz CT molecular complexity index is 479. The van der Waals surface area contributed by atoms with Crippen molar-refractivity contribution in [2.24, 2.45) is 5.73 Å². The van der Waals surface area contributed by atoms with E-state index < -0.39 is 15.7 Å². The van der Waals surface area contributed by atoms with E-state index in [0.29, 0.717) is 17.1 Å². The van der Waals surface area contributed by atoms with Gasteiger partial charge in [0.05, 0.1) is 17.8 Å². The summed E-state index contributed by atoms with van der Waals surface area (Å²) in [6, 6.07) is 4.16. The Morgan fingerprint density at radius 3 is 2.74 bits per heavy atom. The molecule has 0 heterocycles.